The number of rotatable bonds is 2. The van der Waals surface area contributed by atoms with E-state index < -0.39 is 0 Å². The number of nitrogens with one attached hydrogen (secondary N) is 1. The largest absolute Gasteiger partial charge is 0.319 e. The summed E-state index contributed by atoms with van der Waals surface area (Å²) in [7, 11) is 0. The first-order valence-electron chi connectivity index (χ1n) is 4.57. The van der Waals surface area contributed by atoms with Crippen LogP contribution < -0.4 is 5.32 Å². The second-order valence-corrected chi connectivity index (χ2v) is 6.27. The fourth-order valence-electron chi connectivity index (χ4n) is 1.24. The number of hydrogen-bond acceptors (Lipinski definition) is 2. The Bertz CT molecular complexity index is 534. The van der Waals surface area contributed by atoms with Gasteiger partial charge in [0.05, 0.1) is 10.6 Å². The maximum atomic E-state index is 11.9. The second kappa shape index (κ2) is 5.52. The molecule has 0 saturated heterocycles. The van der Waals surface area contributed by atoms with E-state index in [0.717, 1.165) is 8.95 Å². The highest BCUT2D eigenvalue weighted by Gasteiger charge is 2.12. The van der Waals surface area contributed by atoms with Crippen LogP contribution in [-0.2, 0) is 0 Å². The molecule has 0 aliphatic heterocycles. The number of benzene rings is 1. The molecule has 1 aromatic heterocycles. The predicted molar refractivity (Wildman–Crippen MR) is 79.1 cm³/mol. The van der Waals surface area contributed by atoms with Gasteiger partial charge in [0, 0.05) is 14.0 Å². The molecule has 0 aliphatic rings. The zero-order chi connectivity index (χ0) is 12.4. The normalized spacial score (nSPS) is 10.3. The zero-order valence-electron chi connectivity index (χ0n) is 8.34. The minimum absolute atomic E-state index is 0.135. The molecular formula is C11H6Br2ClNOS. The van der Waals surface area contributed by atoms with Crippen LogP contribution in [-0.4, -0.2) is 5.91 Å². The van der Waals surface area contributed by atoms with E-state index in [1.54, 1.807) is 18.2 Å². The van der Waals surface area contributed by atoms with Crippen LogP contribution >= 0.6 is 54.8 Å². The summed E-state index contributed by atoms with van der Waals surface area (Å²) in [6, 6.07) is 7.08. The molecule has 1 amide bonds. The number of hydrogen-bond donors (Lipinski definition) is 1. The Morgan fingerprint density at radius 2 is 1.94 bits per heavy atom. The van der Waals surface area contributed by atoms with E-state index in [9.17, 15) is 4.79 Å². The van der Waals surface area contributed by atoms with Gasteiger partial charge < -0.3 is 5.32 Å². The monoisotopic (exact) mass is 393 g/mol. The third-order valence-electron chi connectivity index (χ3n) is 1.99. The Hall–Kier alpha value is -0.360. The van der Waals surface area contributed by atoms with Crippen LogP contribution in [0.5, 0.6) is 0 Å². The van der Waals surface area contributed by atoms with E-state index in [0.29, 0.717) is 15.6 Å². The molecule has 0 aliphatic carbocycles. The molecule has 6 heteroatoms. The fourth-order valence-corrected chi connectivity index (χ4v) is 3.73. The fraction of sp³-hybridized carbons (Fsp3) is 0. The smallest absolute Gasteiger partial charge is 0.265 e. The van der Waals surface area contributed by atoms with Crippen LogP contribution in [0.25, 0.3) is 0 Å². The highest BCUT2D eigenvalue weighted by molar-refractivity contribution is 9.11. The second-order valence-electron chi connectivity index (χ2n) is 3.18. The van der Waals surface area contributed by atoms with Crippen LogP contribution in [0, 0.1) is 0 Å². The average molecular weight is 396 g/mol. The van der Waals surface area contributed by atoms with Crippen LogP contribution in [0.1, 0.15) is 9.67 Å². The van der Waals surface area contributed by atoms with Gasteiger partial charge in [-0.1, -0.05) is 17.7 Å². The van der Waals surface area contributed by atoms with E-state index in [1.165, 1.54) is 11.3 Å². The molecule has 17 heavy (non-hydrogen) atoms. The van der Waals surface area contributed by atoms with Crippen LogP contribution in [0.3, 0.4) is 0 Å². The van der Waals surface area contributed by atoms with Crippen molar-refractivity contribution in [3.05, 3.63) is 48.5 Å². The molecule has 1 heterocycles. The van der Waals surface area contributed by atoms with E-state index in [4.69, 9.17) is 11.6 Å². The molecule has 2 nitrogen and oxygen atoms in total. The zero-order valence-corrected chi connectivity index (χ0v) is 13.1. The predicted octanol–water partition coefficient (Wildman–Crippen LogP) is 5.18. The Balaban J connectivity index is 2.28. The minimum Gasteiger partial charge on any atom is -0.319 e. The molecule has 1 N–H and O–H groups in total. The van der Waals surface area contributed by atoms with Gasteiger partial charge in [-0.25, -0.2) is 0 Å². The summed E-state index contributed by atoms with van der Waals surface area (Å²) in [4.78, 5) is 12.6. The van der Waals surface area contributed by atoms with Crippen molar-refractivity contribution in [1.29, 1.82) is 0 Å². The number of amides is 1. The van der Waals surface area contributed by atoms with E-state index >= 15 is 0 Å². The third kappa shape index (κ3) is 3.10. The molecule has 1 aromatic carbocycles. The van der Waals surface area contributed by atoms with Crippen molar-refractivity contribution in [3.63, 3.8) is 0 Å². The molecule has 0 unspecified atom stereocenters. The van der Waals surface area contributed by atoms with Crippen molar-refractivity contribution in [2.75, 3.05) is 5.32 Å². The van der Waals surface area contributed by atoms with Gasteiger partial charge in [0.15, 0.2) is 0 Å². The van der Waals surface area contributed by atoms with E-state index in [2.05, 4.69) is 37.2 Å². The Morgan fingerprint density at radius 1 is 1.29 bits per heavy atom. The first-order chi connectivity index (χ1) is 8.08. The van der Waals surface area contributed by atoms with Crippen molar-refractivity contribution in [2.45, 2.75) is 0 Å². The Kier molecular flexibility index (Phi) is 4.25. The number of thiophene rings is 1. The lowest BCUT2D eigenvalue weighted by Gasteiger charge is -2.09. The van der Waals surface area contributed by atoms with Crippen LogP contribution in [0.15, 0.2) is 38.6 Å². The maximum Gasteiger partial charge on any atom is 0.265 e. The van der Waals surface area contributed by atoms with Crippen molar-refractivity contribution < 1.29 is 4.79 Å². The summed E-state index contributed by atoms with van der Waals surface area (Å²) in [5.74, 6) is -0.135. The minimum atomic E-state index is -0.135. The van der Waals surface area contributed by atoms with Gasteiger partial charge in [-0.15, -0.1) is 11.3 Å². The lowest BCUT2D eigenvalue weighted by Crippen LogP contribution is -2.11. The summed E-state index contributed by atoms with van der Waals surface area (Å²) in [6.45, 7) is 0. The first-order valence-corrected chi connectivity index (χ1v) is 7.41. The molecule has 2 rings (SSSR count). The molecule has 0 bridgehead atoms. The van der Waals surface area contributed by atoms with Crippen molar-refractivity contribution in [1.82, 2.24) is 0 Å². The lowest BCUT2D eigenvalue weighted by atomic mass is 10.3. The topological polar surface area (TPSA) is 29.1 Å². The molecule has 0 saturated carbocycles. The Labute approximate surface area is 124 Å². The van der Waals surface area contributed by atoms with Gasteiger partial charge in [0.25, 0.3) is 5.91 Å². The number of halogens is 3. The Morgan fingerprint density at radius 3 is 2.47 bits per heavy atom. The number of carbonyl (C=O) groups excluding carboxylic acids is 1. The molecular weight excluding hydrogens is 389 g/mol. The molecule has 2 aromatic rings. The van der Waals surface area contributed by atoms with Crippen molar-refractivity contribution in [2.24, 2.45) is 0 Å². The summed E-state index contributed by atoms with van der Waals surface area (Å²) in [6.07, 6.45) is 0. The van der Waals surface area contributed by atoms with Crippen LogP contribution in [0.4, 0.5) is 5.69 Å². The molecule has 88 valence electrons. The molecule has 0 radical (unpaired) electrons. The summed E-state index contributed by atoms with van der Waals surface area (Å²) in [5, 5.41) is 5.28. The summed E-state index contributed by atoms with van der Waals surface area (Å²) in [5.41, 5.74) is 0.674. The summed E-state index contributed by atoms with van der Waals surface area (Å²) < 4.78 is 1.48. The third-order valence-corrected chi connectivity index (χ3v) is 4.33. The van der Waals surface area contributed by atoms with Gasteiger partial charge in [-0.2, -0.15) is 0 Å². The van der Waals surface area contributed by atoms with Crippen molar-refractivity contribution in [3.8, 4) is 0 Å². The number of anilines is 1. The highest BCUT2D eigenvalue weighted by atomic mass is 79.9. The van der Waals surface area contributed by atoms with E-state index in [1.807, 2.05) is 11.4 Å². The first kappa shape index (κ1) is 13.1. The number of carbonyl (C=O) groups is 1. The van der Waals surface area contributed by atoms with Gasteiger partial charge in [0.1, 0.15) is 0 Å². The highest BCUT2D eigenvalue weighted by Crippen LogP contribution is 2.34. The van der Waals surface area contributed by atoms with Gasteiger partial charge in [-0.05, 0) is 55.4 Å². The van der Waals surface area contributed by atoms with Gasteiger partial charge in [-0.3, -0.25) is 4.79 Å². The lowest BCUT2D eigenvalue weighted by molar-refractivity contribution is 0.103. The standard InChI is InChI=1S/C11H6Br2ClNOS/c12-7-4-6(14)5-8(13)10(7)15-11(16)9-2-1-3-17-9/h1-5H,(H,15,16). The van der Waals surface area contributed by atoms with Gasteiger partial charge >= 0.3 is 0 Å². The average Bonchev–Trinajstić information content (AvgIpc) is 2.76. The van der Waals surface area contributed by atoms with E-state index in [-0.39, 0.29) is 5.91 Å². The SMILES string of the molecule is O=C(Nc1c(Br)cc(Cl)cc1Br)c1cccs1. The van der Waals surface area contributed by atoms with Crippen molar-refractivity contribution >= 4 is 66.4 Å². The summed E-state index contributed by atoms with van der Waals surface area (Å²) >= 11 is 14.0. The molecule has 0 spiro atoms. The molecule has 0 fully saturated rings. The van der Waals surface area contributed by atoms with Gasteiger partial charge in [0.2, 0.25) is 0 Å². The van der Waals surface area contributed by atoms with Crippen LogP contribution in [0.2, 0.25) is 5.02 Å². The quantitative estimate of drug-likeness (QED) is 0.746. The molecule has 0 atom stereocenters. The maximum absolute atomic E-state index is 11.9.